The summed E-state index contributed by atoms with van der Waals surface area (Å²) in [7, 11) is 0. The van der Waals surface area contributed by atoms with Gasteiger partial charge in [0.2, 0.25) is 12.0 Å². The first-order chi connectivity index (χ1) is 10.1. The largest absolute Gasteiger partial charge is 0.393 e. The van der Waals surface area contributed by atoms with Crippen molar-refractivity contribution in [2.45, 2.75) is 30.3 Å². The number of aliphatic hydroxyl groups excluding tert-OH is 2. The van der Waals surface area contributed by atoms with E-state index in [0.29, 0.717) is 0 Å². The van der Waals surface area contributed by atoms with Gasteiger partial charge in [-0.15, -0.1) is 0 Å². The lowest BCUT2D eigenvalue weighted by Gasteiger charge is -2.28. The third-order valence-corrected chi connectivity index (χ3v) is 3.28. The van der Waals surface area contributed by atoms with Gasteiger partial charge in [0.1, 0.15) is 0 Å². The van der Waals surface area contributed by atoms with Crippen LogP contribution in [0.1, 0.15) is 6.23 Å². The van der Waals surface area contributed by atoms with E-state index >= 15 is 0 Å². The Morgan fingerprint density at radius 3 is 2.45 bits per heavy atom. The molecule has 0 amide bonds. The van der Waals surface area contributed by atoms with Crippen LogP contribution in [0, 0.1) is 5.82 Å². The molecule has 0 bridgehead atoms. The Kier molecular flexibility index (Phi) is 3.87. The van der Waals surface area contributed by atoms with E-state index in [4.69, 9.17) is 5.11 Å². The molecule has 124 valence electrons. The molecule has 2 rings (SSSR count). The lowest BCUT2D eigenvalue weighted by molar-refractivity contribution is -0.196. The molecule has 0 spiro atoms. The molecule has 22 heavy (non-hydrogen) atoms. The van der Waals surface area contributed by atoms with Crippen LogP contribution in [-0.4, -0.2) is 50.4 Å². The van der Waals surface area contributed by atoms with E-state index in [1.807, 2.05) is 0 Å². The van der Waals surface area contributed by atoms with Gasteiger partial charge in [-0.2, -0.15) is 13.2 Å². The van der Waals surface area contributed by atoms with Gasteiger partial charge in [0.05, 0.1) is 12.8 Å². The molecule has 3 unspecified atom stereocenters. The second kappa shape index (κ2) is 5.14. The van der Waals surface area contributed by atoms with E-state index in [0.717, 1.165) is 0 Å². The summed E-state index contributed by atoms with van der Waals surface area (Å²) in [5.41, 5.74) is -6.43. The molecule has 1 aliphatic heterocycles. The molecule has 0 aliphatic carbocycles. The molecule has 7 nitrogen and oxygen atoms in total. The first-order valence-electron chi connectivity index (χ1n) is 5.71. The number of hydrogen-bond donors (Lipinski definition) is 3. The Bertz CT molecular complexity index is 689. The number of hydrogen-bond acceptors (Lipinski definition) is 5. The molecule has 0 radical (unpaired) electrons. The SMILES string of the molecule is O=c1[nH]c(=O)n(C2OC(CO)(C(F)F)C(O)C2(F)F)cc1F. The van der Waals surface area contributed by atoms with Crippen LogP contribution in [0.2, 0.25) is 0 Å². The molecule has 1 saturated heterocycles. The fourth-order valence-electron chi connectivity index (χ4n) is 2.05. The predicted octanol–water partition coefficient (Wildman–Crippen LogP) is -0.803. The van der Waals surface area contributed by atoms with Crippen molar-refractivity contribution in [1.29, 1.82) is 0 Å². The minimum atomic E-state index is -4.46. The van der Waals surface area contributed by atoms with Crippen LogP contribution in [0.4, 0.5) is 22.0 Å². The van der Waals surface area contributed by atoms with Crippen molar-refractivity contribution >= 4 is 0 Å². The lowest BCUT2D eigenvalue weighted by Crippen LogP contribution is -2.53. The maximum Gasteiger partial charge on any atom is 0.330 e. The number of halogens is 5. The second-order valence-corrected chi connectivity index (χ2v) is 4.60. The van der Waals surface area contributed by atoms with Gasteiger partial charge in [-0.25, -0.2) is 13.6 Å². The van der Waals surface area contributed by atoms with Crippen molar-refractivity contribution in [3.63, 3.8) is 0 Å². The Morgan fingerprint density at radius 1 is 1.41 bits per heavy atom. The van der Waals surface area contributed by atoms with Crippen molar-refractivity contribution < 1.29 is 36.9 Å². The van der Waals surface area contributed by atoms with Gasteiger partial charge < -0.3 is 14.9 Å². The predicted molar refractivity (Wildman–Crippen MR) is 58.2 cm³/mol. The third kappa shape index (κ3) is 2.14. The van der Waals surface area contributed by atoms with Gasteiger partial charge in [-0.1, -0.05) is 0 Å². The van der Waals surface area contributed by atoms with Crippen molar-refractivity contribution in [3.8, 4) is 0 Å². The lowest BCUT2D eigenvalue weighted by atomic mass is 9.96. The number of rotatable bonds is 3. The van der Waals surface area contributed by atoms with E-state index in [2.05, 4.69) is 4.74 Å². The minimum absolute atomic E-state index is 0.0331. The molecule has 1 aliphatic rings. The van der Waals surface area contributed by atoms with E-state index in [9.17, 15) is 36.6 Å². The summed E-state index contributed by atoms with van der Waals surface area (Å²) in [6.45, 7) is -1.68. The third-order valence-electron chi connectivity index (χ3n) is 3.28. The number of alkyl halides is 4. The quantitative estimate of drug-likeness (QED) is 0.629. The van der Waals surface area contributed by atoms with E-state index in [-0.39, 0.29) is 10.8 Å². The van der Waals surface area contributed by atoms with Crippen LogP contribution in [0.3, 0.4) is 0 Å². The molecular weight excluding hydrogens is 323 g/mol. The normalized spacial score (nSPS) is 30.9. The summed E-state index contributed by atoms with van der Waals surface area (Å²) in [5.74, 6) is -6.11. The van der Waals surface area contributed by atoms with Gasteiger partial charge in [0, 0.05) is 0 Å². The summed E-state index contributed by atoms with van der Waals surface area (Å²) in [6, 6.07) is 0. The Balaban J connectivity index is 2.60. The zero-order valence-corrected chi connectivity index (χ0v) is 10.5. The van der Waals surface area contributed by atoms with Crippen LogP contribution in [0.15, 0.2) is 15.8 Å². The highest BCUT2D eigenvalue weighted by Crippen LogP contribution is 2.49. The zero-order valence-electron chi connectivity index (χ0n) is 10.5. The molecule has 3 atom stereocenters. The first-order valence-corrected chi connectivity index (χ1v) is 5.71. The molecule has 2 heterocycles. The zero-order chi connectivity index (χ0) is 16.9. The molecular formula is C10H9F5N2O5. The number of nitrogens with one attached hydrogen (secondary N) is 1. The van der Waals surface area contributed by atoms with Crippen molar-refractivity contribution in [1.82, 2.24) is 9.55 Å². The Morgan fingerprint density at radius 2 is 2.00 bits per heavy atom. The van der Waals surface area contributed by atoms with Crippen molar-refractivity contribution in [3.05, 3.63) is 32.9 Å². The molecule has 1 fully saturated rings. The highest BCUT2D eigenvalue weighted by molar-refractivity contribution is 5.07. The highest BCUT2D eigenvalue weighted by Gasteiger charge is 2.70. The Hall–Kier alpha value is -1.79. The first kappa shape index (κ1) is 16.6. The van der Waals surface area contributed by atoms with Gasteiger partial charge >= 0.3 is 11.6 Å². The molecule has 1 aromatic rings. The number of nitrogens with zero attached hydrogens (tertiary/aromatic N) is 1. The average molecular weight is 332 g/mol. The summed E-state index contributed by atoms with van der Waals surface area (Å²) in [4.78, 5) is 23.6. The molecule has 0 saturated carbocycles. The number of H-pyrrole nitrogens is 1. The van der Waals surface area contributed by atoms with E-state index in [1.54, 1.807) is 0 Å². The van der Waals surface area contributed by atoms with Crippen molar-refractivity contribution in [2.75, 3.05) is 6.61 Å². The summed E-state index contributed by atoms with van der Waals surface area (Å²) < 4.78 is 71.0. The maximum absolute atomic E-state index is 13.9. The average Bonchev–Trinajstić information content (AvgIpc) is 2.63. The van der Waals surface area contributed by atoms with Gasteiger partial charge in [-0.3, -0.25) is 14.3 Å². The van der Waals surface area contributed by atoms with Crippen LogP contribution >= 0.6 is 0 Å². The number of aromatic nitrogens is 2. The monoisotopic (exact) mass is 332 g/mol. The molecule has 12 heteroatoms. The van der Waals surface area contributed by atoms with Crippen LogP contribution < -0.4 is 11.2 Å². The summed E-state index contributed by atoms with van der Waals surface area (Å²) >= 11 is 0. The number of aromatic amines is 1. The van der Waals surface area contributed by atoms with Gasteiger partial charge in [0.15, 0.2) is 11.7 Å². The fourth-order valence-corrected chi connectivity index (χ4v) is 2.05. The maximum atomic E-state index is 13.9. The summed E-state index contributed by atoms with van der Waals surface area (Å²) in [6.07, 6.45) is -9.71. The molecule has 3 N–H and O–H groups in total. The molecule has 1 aromatic heterocycles. The van der Waals surface area contributed by atoms with Crippen LogP contribution in [-0.2, 0) is 4.74 Å². The van der Waals surface area contributed by atoms with Gasteiger partial charge in [0.25, 0.3) is 12.0 Å². The van der Waals surface area contributed by atoms with E-state index < -0.39 is 54.0 Å². The highest BCUT2D eigenvalue weighted by atomic mass is 19.3. The van der Waals surface area contributed by atoms with Crippen LogP contribution in [0.25, 0.3) is 0 Å². The van der Waals surface area contributed by atoms with Crippen LogP contribution in [0.5, 0.6) is 0 Å². The minimum Gasteiger partial charge on any atom is -0.393 e. The van der Waals surface area contributed by atoms with E-state index in [1.165, 1.54) is 4.98 Å². The number of aliphatic hydroxyl groups is 2. The Labute approximate surface area is 117 Å². The number of ether oxygens (including phenoxy) is 1. The van der Waals surface area contributed by atoms with Gasteiger partial charge in [-0.05, 0) is 0 Å². The molecule has 0 aromatic carbocycles. The van der Waals surface area contributed by atoms with Crippen molar-refractivity contribution in [2.24, 2.45) is 0 Å². The second-order valence-electron chi connectivity index (χ2n) is 4.60. The standard InChI is InChI=1S/C10H9F5N2O5/c11-3-1-17(8(21)16-4(3)19)7-10(14,15)5(20)9(2-18,22-7)6(12)13/h1,5-7,18,20H,2H2,(H,16,19,21). The summed E-state index contributed by atoms with van der Waals surface area (Å²) in [5, 5.41) is 18.3. The smallest absolute Gasteiger partial charge is 0.330 e. The topological polar surface area (TPSA) is 105 Å². The fraction of sp³-hybridized carbons (Fsp3) is 0.600.